The number of aromatic nitrogens is 2. The average Bonchev–Trinajstić information content (AvgIpc) is 2.72. The molecule has 1 aromatic rings. The van der Waals surface area contributed by atoms with Crippen LogP contribution >= 0.6 is 0 Å². The highest BCUT2D eigenvalue weighted by atomic mass is 15.3. The Balaban J connectivity index is 1.82. The van der Waals surface area contributed by atoms with Crippen LogP contribution in [0.5, 0.6) is 0 Å². The van der Waals surface area contributed by atoms with Gasteiger partial charge in [0, 0.05) is 18.8 Å². The number of likely N-dealkylation sites (tertiary alicyclic amines) is 1. The van der Waals surface area contributed by atoms with Gasteiger partial charge in [-0.25, -0.2) is 0 Å². The Hall–Kier alpha value is -1.03. The molecule has 4 heteroatoms. The lowest BCUT2D eigenvalue weighted by Crippen LogP contribution is -2.26. The summed E-state index contributed by atoms with van der Waals surface area (Å²) in [6, 6.07) is 2.58. The van der Waals surface area contributed by atoms with Gasteiger partial charge in [-0.3, -0.25) is 4.68 Å². The van der Waals surface area contributed by atoms with Crippen molar-refractivity contribution < 1.29 is 0 Å². The van der Waals surface area contributed by atoms with E-state index in [0.717, 1.165) is 12.6 Å². The van der Waals surface area contributed by atoms with Crippen LogP contribution in [-0.2, 0) is 6.54 Å². The van der Waals surface area contributed by atoms with Gasteiger partial charge in [0.05, 0.1) is 0 Å². The average molecular weight is 194 g/mol. The highest BCUT2D eigenvalue weighted by molar-refractivity contribution is 5.23. The van der Waals surface area contributed by atoms with Gasteiger partial charge in [0.2, 0.25) is 0 Å². The van der Waals surface area contributed by atoms with E-state index in [-0.39, 0.29) is 0 Å². The van der Waals surface area contributed by atoms with Gasteiger partial charge in [-0.05, 0) is 38.9 Å². The zero-order chi connectivity index (χ0) is 9.97. The summed E-state index contributed by atoms with van der Waals surface area (Å²) in [5, 5.41) is 4.17. The zero-order valence-corrected chi connectivity index (χ0v) is 8.69. The molecule has 0 bridgehead atoms. The molecule has 0 aliphatic carbocycles. The Morgan fingerprint density at radius 3 is 3.07 bits per heavy atom. The Kier molecular flexibility index (Phi) is 2.72. The van der Waals surface area contributed by atoms with Gasteiger partial charge in [0.1, 0.15) is 5.82 Å². The largest absolute Gasteiger partial charge is 0.382 e. The quantitative estimate of drug-likeness (QED) is 0.779. The molecule has 0 saturated carbocycles. The third-order valence-corrected chi connectivity index (χ3v) is 3.02. The predicted octanol–water partition coefficient (Wildman–Crippen LogP) is 0.950. The highest BCUT2D eigenvalue weighted by Crippen LogP contribution is 2.18. The maximum atomic E-state index is 5.55. The van der Waals surface area contributed by atoms with Crippen molar-refractivity contribution in [3.05, 3.63) is 12.3 Å². The van der Waals surface area contributed by atoms with E-state index in [4.69, 9.17) is 5.73 Å². The lowest BCUT2D eigenvalue weighted by atomic mass is 10.1. The van der Waals surface area contributed by atoms with E-state index in [1.165, 1.54) is 25.8 Å². The van der Waals surface area contributed by atoms with Gasteiger partial charge in [-0.1, -0.05) is 0 Å². The van der Waals surface area contributed by atoms with Crippen molar-refractivity contribution in [1.82, 2.24) is 14.7 Å². The molecule has 2 heterocycles. The molecule has 0 aromatic carbocycles. The maximum Gasteiger partial charge on any atom is 0.145 e. The topological polar surface area (TPSA) is 47.1 Å². The Bertz CT molecular complexity index is 294. The molecule has 1 atom stereocenters. The number of nitrogens with two attached hydrogens (primary N) is 1. The minimum absolute atomic E-state index is 0.616. The van der Waals surface area contributed by atoms with Crippen molar-refractivity contribution in [1.29, 1.82) is 0 Å². The van der Waals surface area contributed by atoms with Gasteiger partial charge >= 0.3 is 0 Å². The number of rotatable bonds is 3. The van der Waals surface area contributed by atoms with Crippen molar-refractivity contribution in [2.24, 2.45) is 0 Å². The Morgan fingerprint density at radius 1 is 1.64 bits per heavy atom. The number of nitrogen functional groups attached to an aromatic ring is 1. The van der Waals surface area contributed by atoms with Crippen LogP contribution in [0.3, 0.4) is 0 Å². The first kappa shape index (κ1) is 9.52. The van der Waals surface area contributed by atoms with E-state index in [0.29, 0.717) is 5.82 Å². The molecule has 1 fully saturated rings. The standard InChI is InChI=1S/C10H18N4/c1-13-6-2-3-9(13)4-7-14-8-5-10(11)12-14/h5,8-9H,2-4,6-7H2,1H3,(H2,11,12). The molecule has 78 valence electrons. The molecule has 0 spiro atoms. The van der Waals surface area contributed by atoms with Gasteiger partial charge in [0.25, 0.3) is 0 Å². The second-order valence-corrected chi connectivity index (χ2v) is 4.07. The van der Waals surface area contributed by atoms with Crippen molar-refractivity contribution in [3.8, 4) is 0 Å². The third-order valence-electron chi connectivity index (χ3n) is 3.02. The Morgan fingerprint density at radius 2 is 2.50 bits per heavy atom. The minimum Gasteiger partial charge on any atom is -0.382 e. The fraction of sp³-hybridized carbons (Fsp3) is 0.700. The molecule has 4 nitrogen and oxygen atoms in total. The maximum absolute atomic E-state index is 5.55. The number of aryl methyl sites for hydroxylation is 1. The van der Waals surface area contributed by atoms with Crippen molar-refractivity contribution in [2.75, 3.05) is 19.3 Å². The lowest BCUT2D eigenvalue weighted by Gasteiger charge is -2.18. The fourth-order valence-corrected chi connectivity index (χ4v) is 2.13. The van der Waals surface area contributed by atoms with E-state index in [9.17, 15) is 0 Å². The second kappa shape index (κ2) is 4.00. The second-order valence-electron chi connectivity index (χ2n) is 4.07. The van der Waals surface area contributed by atoms with E-state index in [2.05, 4.69) is 17.0 Å². The van der Waals surface area contributed by atoms with Gasteiger partial charge in [-0.2, -0.15) is 5.10 Å². The fourth-order valence-electron chi connectivity index (χ4n) is 2.13. The summed E-state index contributed by atoms with van der Waals surface area (Å²) >= 11 is 0. The molecule has 0 radical (unpaired) electrons. The summed E-state index contributed by atoms with van der Waals surface area (Å²) in [7, 11) is 2.20. The van der Waals surface area contributed by atoms with Crippen LogP contribution in [0.4, 0.5) is 5.82 Å². The molecule has 1 aromatic heterocycles. The summed E-state index contributed by atoms with van der Waals surface area (Å²) in [6.45, 7) is 2.22. The van der Waals surface area contributed by atoms with Crippen molar-refractivity contribution in [3.63, 3.8) is 0 Å². The molecule has 1 saturated heterocycles. The first-order valence-electron chi connectivity index (χ1n) is 5.25. The highest BCUT2D eigenvalue weighted by Gasteiger charge is 2.20. The summed E-state index contributed by atoms with van der Waals surface area (Å²) in [4.78, 5) is 2.44. The number of hydrogen-bond acceptors (Lipinski definition) is 3. The molecule has 0 amide bonds. The van der Waals surface area contributed by atoms with E-state index in [1.54, 1.807) is 0 Å². The first-order chi connectivity index (χ1) is 6.75. The van der Waals surface area contributed by atoms with Crippen LogP contribution in [-0.4, -0.2) is 34.3 Å². The SMILES string of the molecule is CN1CCCC1CCn1ccc(N)n1. The summed E-state index contributed by atoms with van der Waals surface area (Å²) < 4.78 is 1.93. The molecular weight excluding hydrogens is 176 g/mol. The normalized spacial score (nSPS) is 23.1. The molecule has 1 aliphatic rings. The monoisotopic (exact) mass is 194 g/mol. The van der Waals surface area contributed by atoms with Gasteiger partial charge < -0.3 is 10.6 Å². The molecule has 2 rings (SSSR count). The van der Waals surface area contributed by atoms with Crippen LogP contribution in [0.25, 0.3) is 0 Å². The van der Waals surface area contributed by atoms with Crippen LogP contribution in [0.15, 0.2) is 12.3 Å². The Labute approximate surface area is 84.7 Å². The number of nitrogens with zero attached hydrogens (tertiary/aromatic N) is 3. The van der Waals surface area contributed by atoms with E-state index in [1.807, 2.05) is 16.9 Å². The zero-order valence-electron chi connectivity index (χ0n) is 8.69. The minimum atomic E-state index is 0.616. The lowest BCUT2D eigenvalue weighted by molar-refractivity contribution is 0.283. The van der Waals surface area contributed by atoms with E-state index >= 15 is 0 Å². The van der Waals surface area contributed by atoms with Crippen molar-refractivity contribution >= 4 is 5.82 Å². The summed E-state index contributed by atoms with van der Waals surface area (Å²) in [6.07, 6.45) is 5.79. The smallest absolute Gasteiger partial charge is 0.145 e. The molecule has 14 heavy (non-hydrogen) atoms. The molecule has 2 N–H and O–H groups in total. The summed E-state index contributed by atoms with van der Waals surface area (Å²) in [5.74, 6) is 0.616. The predicted molar refractivity (Wildman–Crippen MR) is 56.9 cm³/mol. The van der Waals surface area contributed by atoms with Gasteiger partial charge in [0.15, 0.2) is 0 Å². The summed E-state index contributed by atoms with van der Waals surface area (Å²) in [5.41, 5.74) is 5.55. The third kappa shape index (κ3) is 2.07. The van der Waals surface area contributed by atoms with Crippen LogP contribution in [0, 0.1) is 0 Å². The van der Waals surface area contributed by atoms with E-state index < -0.39 is 0 Å². The van der Waals surface area contributed by atoms with Crippen LogP contribution < -0.4 is 5.73 Å². The number of hydrogen-bond donors (Lipinski definition) is 1. The molecular formula is C10H18N4. The number of anilines is 1. The van der Waals surface area contributed by atoms with Crippen LogP contribution in [0.1, 0.15) is 19.3 Å². The molecule has 1 aliphatic heterocycles. The molecule has 1 unspecified atom stereocenters. The van der Waals surface area contributed by atoms with Crippen LogP contribution in [0.2, 0.25) is 0 Å². The van der Waals surface area contributed by atoms with Crippen molar-refractivity contribution in [2.45, 2.75) is 31.8 Å². The first-order valence-corrected chi connectivity index (χ1v) is 5.25. The van der Waals surface area contributed by atoms with Gasteiger partial charge in [-0.15, -0.1) is 0 Å².